The number of anilines is 1. The van der Waals surface area contributed by atoms with Gasteiger partial charge in [0.1, 0.15) is 13.2 Å². The molecule has 0 radical (unpaired) electrons. The molecule has 0 unspecified atom stereocenters. The Bertz CT molecular complexity index is 685. The Kier molecular flexibility index (Phi) is 9.85. The van der Waals surface area contributed by atoms with Crippen molar-refractivity contribution in [1.82, 2.24) is 0 Å². The molecule has 0 saturated heterocycles. The Labute approximate surface area is 165 Å². The Morgan fingerprint density at radius 1 is 0.857 bits per heavy atom. The highest BCUT2D eigenvalue weighted by Gasteiger charge is 2.11. The Hall–Kier alpha value is -2.61. The maximum atomic E-state index is 12.3. The van der Waals surface area contributed by atoms with Gasteiger partial charge < -0.3 is 29.0 Å². The summed E-state index contributed by atoms with van der Waals surface area (Å²) in [6, 6.07) is 5.20. The minimum Gasteiger partial charge on any atom is -0.487 e. The van der Waals surface area contributed by atoms with Crippen LogP contribution >= 0.6 is 0 Å². The molecule has 1 aliphatic heterocycles. The largest absolute Gasteiger partial charge is 0.487 e. The van der Waals surface area contributed by atoms with Gasteiger partial charge in [-0.05, 0) is 12.1 Å². The van der Waals surface area contributed by atoms with E-state index in [9.17, 15) is 4.79 Å². The predicted octanol–water partition coefficient (Wildman–Crippen LogP) is 2.74. The number of ether oxygens (including phenoxy) is 5. The number of nitrogens with one attached hydrogen (secondary N) is 1. The second kappa shape index (κ2) is 12.7. The predicted molar refractivity (Wildman–Crippen MR) is 107 cm³/mol. The van der Waals surface area contributed by atoms with Gasteiger partial charge in [-0.1, -0.05) is 31.4 Å². The van der Waals surface area contributed by atoms with Crippen molar-refractivity contribution in [2.24, 2.45) is 0 Å². The number of fused-ring (bicyclic) bond motifs is 1. The zero-order valence-electron chi connectivity index (χ0n) is 16.0. The lowest BCUT2D eigenvalue weighted by Gasteiger charge is -2.15. The van der Waals surface area contributed by atoms with Crippen molar-refractivity contribution in [1.29, 1.82) is 0 Å². The number of hydrogen-bond donors (Lipinski definition) is 1. The topological polar surface area (TPSA) is 75.3 Å². The van der Waals surface area contributed by atoms with E-state index >= 15 is 0 Å². The molecule has 1 aromatic rings. The molecule has 1 N–H and O–H groups in total. The molecule has 28 heavy (non-hydrogen) atoms. The van der Waals surface area contributed by atoms with Gasteiger partial charge in [0.05, 0.1) is 39.6 Å². The fourth-order valence-electron chi connectivity index (χ4n) is 2.35. The van der Waals surface area contributed by atoms with Crippen LogP contribution in [0.25, 0.3) is 0 Å². The normalized spacial score (nSPS) is 16.9. The van der Waals surface area contributed by atoms with Crippen LogP contribution in [0, 0.1) is 0 Å². The average Bonchev–Trinajstić information content (AvgIpc) is 2.71. The molecule has 7 heteroatoms. The maximum absolute atomic E-state index is 12.3. The summed E-state index contributed by atoms with van der Waals surface area (Å²) in [4.78, 5) is 12.3. The lowest BCUT2D eigenvalue weighted by atomic mass is 10.2. The summed E-state index contributed by atoms with van der Waals surface area (Å²) in [7, 11) is 0. The van der Waals surface area contributed by atoms with Gasteiger partial charge >= 0.3 is 0 Å². The molecule has 2 rings (SSSR count). The van der Waals surface area contributed by atoms with E-state index in [1.54, 1.807) is 24.3 Å². The van der Waals surface area contributed by atoms with Crippen LogP contribution < -0.4 is 14.8 Å². The van der Waals surface area contributed by atoms with Crippen molar-refractivity contribution in [3.63, 3.8) is 0 Å². The molecule has 1 aromatic carbocycles. The van der Waals surface area contributed by atoms with Crippen LogP contribution in [0.1, 0.15) is 0 Å². The molecule has 0 aromatic heterocycles. The molecular weight excluding hydrogens is 362 g/mol. The van der Waals surface area contributed by atoms with Crippen LogP contribution in [0.15, 0.2) is 55.2 Å². The molecule has 1 heterocycles. The molecule has 1 aliphatic rings. The van der Waals surface area contributed by atoms with Gasteiger partial charge in [-0.25, -0.2) is 0 Å². The first-order valence-electron chi connectivity index (χ1n) is 9.14. The molecule has 1 amide bonds. The molecule has 0 aliphatic carbocycles. The Morgan fingerprint density at radius 3 is 2.00 bits per heavy atom. The van der Waals surface area contributed by atoms with E-state index in [2.05, 4.69) is 18.5 Å². The van der Waals surface area contributed by atoms with E-state index in [0.29, 0.717) is 75.6 Å². The maximum Gasteiger partial charge on any atom is 0.255 e. The quantitative estimate of drug-likeness (QED) is 0.630. The van der Waals surface area contributed by atoms with Crippen LogP contribution in [-0.2, 0) is 19.0 Å². The first-order valence-corrected chi connectivity index (χ1v) is 9.14. The molecule has 0 fully saturated rings. The highest BCUT2D eigenvalue weighted by molar-refractivity contribution is 6.06. The van der Waals surface area contributed by atoms with Crippen LogP contribution in [0.5, 0.6) is 11.5 Å². The molecule has 0 spiro atoms. The van der Waals surface area contributed by atoms with E-state index in [1.807, 2.05) is 0 Å². The molecule has 7 nitrogen and oxygen atoms in total. The lowest BCUT2D eigenvalue weighted by Crippen LogP contribution is -2.14. The SMILES string of the molecule is C=C/C=C(\C=C)C(=O)Nc1ccc2c(c1)OCCOCCOCCOCCO2. The van der Waals surface area contributed by atoms with Crippen LogP contribution in [0.2, 0.25) is 0 Å². The molecule has 0 atom stereocenters. The van der Waals surface area contributed by atoms with Crippen molar-refractivity contribution in [3.05, 3.63) is 55.2 Å². The lowest BCUT2D eigenvalue weighted by molar-refractivity contribution is -0.112. The first kappa shape index (κ1) is 21.7. The van der Waals surface area contributed by atoms with Crippen LogP contribution in [-0.4, -0.2) is 58.8 Å². The van der Waals surface area contributed by atoms with Gasteiger partial charge in [0.15, 0.2) is 11.5 Å². The zero-order valence-corrected chi connectivity index (χ0v) is 16.0. The number of amides is 1. The highest BCUT2D eigenvalue weighted by Crippen LogP contribution is 2.31. The summed E-state index contributed by atoms with van der Waals surface area (Å²) in [5, 5.41) is 2.81. The summed E-state index contributed by atoms with van der Waals surface area (Å²) < 4.78 is 27.8. The smallest absolute Gasteiger partial charge is 0.255 e. The first-order chi connectivity index (χ1) is 13.7. The molecule has 0 saturated carbocycles. The van der Waals surface area contributed by atoms with Gasteiger partial charge in [0.25, 0.3) is 5.91 Å². The summed E-state index contributed by atoms with van der Waals surface area (Å²) in [6.45, 7) is 10.8. The van der Waals surface area contributed by atoms with Gasteiger partial charge in [0.2, 0.25) is 0 Å². The molecule has 0 bridgehead atoms. The third-order valence-corrected chi connectivity index (χ3v) is 3.70. The zero-order chi connectivity index (χ0) is 20.0. The number of hydrogen-bond acceptors (Lipinski definition) is 6. The number of carbonyl (C=O) groups is 1. The second-order valence-corrected chi connectivity index (χ2v) is 5.71. The second-order valence-electron chi connectivity index (χ2n) is 5.71. The van der Waals surface area contributed by atoms with Crippen LogP contribution in [0.3, 0.4) is 0 Å². The van der Waals surface area contributed by atoms with Gasteiger partial charge in [0, 0.05) is 17.3 Å². The van der Waals surface area contributed by atoms with Gasteiger partial charge in [-0.15, -0.1) is 0 Å². The molecule has 152 valence electrons. The van der Waals surface area contributed by atoms with E-state index in [0.717, 1.165) is 0 Å². The minimum atomic E-state index is -0.287. The number of allylic oxidation sites excluding steroid dienone is 2. The Morgan fingerprint density at radius 2 is 1.43 bits per heavy atom. The average molecular weight is 389 g/mol. The third kappa shape index (κ3) is 7.56. The minimum absolute atomic E-state index is 0.287. The third-order valence-electron chi connectivity index (χ3n) is 3.70. The Balaban J connectivity index is 2.08. The van der Waals surface area contributed by atoms with Crippen molar-refractivity contribution in [2.75, 3.05) is 58.2 Å². The van der Waals surface area contributed by atoms with Crippen molar-refractivity contribution >= 4 is 11.6 Å². The van der Waals surface area contributed by atoms with Crippen molar-refractivity contribution in [2.45, 2.75) is 0 Å². The van der Waals surface area contributed by atoms with E-state index in [-0.39, 0.29) is 5.91 Å². The number of benzene rings is 1. The summed E-state index contributed by atoms with van der Waals surface area (Å²) in [5.41, 5.74) is 0.990. The monoisotopic (exact) mass is 389 g/mol. The van der Waals surface area contributed by atoms with Crippen molar-refractivity contribution < 1.29 is 28.5 Å². The van der Waals surface area contributed by atoms with Crippen LogP contribution in [0.4, 0.5) is 5.69 Å². The molecular formula is C21H27NO6. The van der Waals surface area contributed by atoms with E-state index < -0.39 is 0 Å². The highest BCUT2D eigenvalue weighted by atomic mass is 16.6. The standard InChI is InChI=1S/C21H27NO6/c1-3-5-17(4-2)21(23)22-18-6-7-19-20(16-18)28-15-13-26-11-9-24-8-10-25-12-14-27-19/h3-7,16H,1-2,8-15H2,(H,22,23)/b17-5+. The number of carbonyl (C=O) groups excluding carboxylic acids is 1. The van der Waals surface area contributed by atoms with Crippen molar-refractivity contribution in [3.8, 4) is 11.5 Å². The summed E-state index contributed by atoms with van der Waals surface area (Å²) >= 11 is 0. The van der Waals surface area contributed by atoms with E-state index in [4.69, 9.17) is 23.7 Å². The van der Waals surface area contributed by atoms with Gasteiger partial charge in [-0.3, -0.25) is 4.79 Å². The summed E-state index contributed by atoms with van der Waals surface area (Å²) in [5.74, 6) is 0.795. The summed E-state index contributed by atoms with van der Waals surface area (Å²) in [6.07, 6.45) is 4.59. The van der Waals surface area contributed by atoms with Gasteiger partial charge in [-0.2, -0.15) is 0 Å². The fourth-order valence-corrected chi connectivity index (χ4v) is 2.35. The van der Waals surface area contributed by atoms with E-state index in [1.165, 1.54) is 12.2 Å². The number of rotatable bonds is 4. The fraction of sp³-hybridized carbons (Fsp3) is 0.381.